The van der Waals surface area contributed by atoms with Crippen molar-refractivity contribution in [1.82, 2.24) is 0 Å². The van der Waals surface area contributed by atoms with Crippen LogP contribution in [0.5, 0.6) is 0 Å². The van der Waals surface area contributed by atoms with Gasteiger partial charge in [0.1, 0.15) is 6.42 Å². The maximum atomic E-state index is 10.9. The van der Waals surface area contributed by atoms with Gasteiger partial charge in [0, 0.05) is 0 Å². The van der Waals surface area contributed by atoms with Crippen molar-refractivity contribution in [2.45, 2.75) is 20.3 Å². The monoisotopic (exact) mass is 284 g/mol. The molecule has 0 heterocycles. The lowest BCUT2D eigenvalue weighted by Gasteiger charge is -2.05. The van der Waals surface area contributed by atoms with Crippen LogP contribution in [0.1, 0.15) is 20.3 Å². The minimum absolute atomic E-state index is 0.0793. The molecule has 0 atom stereocenters. The van der Waals surface area contributed by atoms with Gasteiger partial charge in [0.05, 0.1) is 11.0 Å². The van der Waals surface area contributed by atoms with Crippen LogP contribution >= 0.6 is 22.6 Å². The van der Waals surface area contributed by atoms with Crippen molar-refractivity contribution in [1.29, 1.82) is 0 Å². The number of halogens is 1. The van der Waals surface area contributed by atoms with E-state index in [4.69, 9.17) is 4.74 Å². The van der Waals surface area contributed by atoms with Crippen molar-refractivity contribution in [3.8, 4) is 0 Å². The van der Waals surface area contributed by atoms with Crippen LogP contribution in [-0.4, -0.2) is 22.8 Å². The highest BCUT2D eigenvalue weighted by Crippen LogP contribution is 1.97. The number of rotatable bonds is 5. The number of Topliss-reactive ketones (excluding diaryl/α,β-unsaturated/α-hetero) is 1. The number of carbonyl (C=O) groups is 2. The van der Waals surface area contributed by atoms with E-state index in [0.29, 0.717) is 17.0 Å². The van der Waals surface area contributed by atoms with Crippen molar-refractivity contribution in [2.24, 2.45) is 5.92 Å². The molecule has 0 spiro atoms. The molecular weight excluding hydrogens is 271 g/mol. The summed E-state index contributed by atoms with van der Waals surface area (Å²) in [7, 11) is 0. The predicted molar refractivity (Wildman–Crippen MR) is 54.3 cm³/mol. The van der Waals surface area contributed by atoms with E-state index in [1.165, 1.54) is 0 Å². The van der Waals surface area contributed by atoms with Crippen LogP contribution in [0.15, 0.2) is 0 Å². The van der Waals surface area contributed by atoms with Gasteiger partial charge in [-0.15, -0.1) is 0 Å². The second kappa shape index (κ2) is 6.39. The van der Waals surface area contributed by atoms with Gasteiger partial charge in [-0.1, -0.05) is 36.4 Å². The molecule has 0 N–H and O–H groups in total. The molecule has 0 amide bonds. The number of hydrogen-bond donors (Lipinski definition) is 0. The molecule has 0 aromatic rings. The lowest BCUT2D eigenvalue weighted by molar-refractivity contribution is -0.146. The fourth-order valence-electron chi connectivity index (χ4n) is 0.519. The van der Waals surface area contributed by atoms with Crippen LogP contribution < -0.4 is 0 Å². The fraction of sp³-hybridized carbons (Fsp3) is 0.750. The summed E-state index contributed by atoms with van der Waals surface area (Å²) in [5.74, 6) is -0.168. The summed E-state index contributed by atoms with van der Waals surface area (Å²) in [6.07, 6.45) is -0.0876. The number of hydrogen-bond acceptors (Lipinski definition) is 3. The van der Waals surface area contributed by atoms with E-state index in [1.807, 2.05) is 36.4 Å². The van der Waals surface area contributed by atoms with E-state index in [-0.39, 0.29) is 12.2 Å². The molecule has 0 aromatic carbocycles. The molecular formula is C8H13IO3. The minimum atomic E-state index is -0.412. The second-order valence-electron chi connectivity index (χ2n) is 2.93. The van der Waals surface area contributed by atoms with Crippen LogP contribution in [0.2, 0.25) is 0 Å². The average Bonchev–Trinajstić information content (AvgIpc) is 2.00. The van der Waals surface area contributed by atoms with Crippen molar-refractivity contribution in [3.05, 3.63) is 0 Å². The minimum Gasteiger partial charge on any atom is -0.465 e. The molecule has 0 aromatic heterocycles. The van der Waals surface area contributed by atoms with Gasteiger partial charge in [-0.05, 0) is 5.92 Å². The smallest absolute Gasteiger partial charge is 0.313 e. The maximum absolute atomic E-state index is 10.9. The van der Waals surface area contributed by atoms with E-state index < -0.39 is 5.97 Å². The first kappa shape index (κ1) is 11.9. The predicted octanol–water partition coefficient (Wildman–Crippen LogP) is 1.58. The number of carbonyl (C=O) groups excluding carboxylic acids is 2. The first-order chi connectivity index (χ1) is 5.56. The molecule has 3 nitrogen and oxygen atoms in total. The third kappa shape index (κ3) is 6.57. The zero-order chi connectivity index (χ0) is 9.56. The Morgan fingerprint density at radius 1 is 1.42 bits per heavy atom. The van der Waals surface area contributed by atoms with Gasteiger partial charge >= 0.3 is 5.97 Å². The summed E-state index contributed by atoms with van der Waals surface area (Å²) < 4.78 is 5.18. The molecule has 4 heteroatoms. The summed E-state index contributed by atoms with van der Waals surface area (Å²) in [6, 6.07) is 0. The number of alkyl halides is 1. The molecule has 0 aliphatic carbocycles. The van der Waals surface area contributed by atoms with E-state index >= 15 is 0 Å². The van der Waals surface area contributed by atoms with Gasteiger partial charge in [0.2, 0.25) is 0 Å². The molecule has 0 saturated heterocycles. The standard InChI is InChI=1S/C8H13IO3/c1-6(2)5-12-8(11)3-7(10)4-9/h6H,3-5H2,1-2H3. The van der Waals surface area contributed by atoms with Crippen molar-refractivity contribution in [3.63, 3.8) is 0 Å². The maximum Gasteiger partial charge on any atom is 0.313 e. The van der Waals surface area contributed by atoms with Gasteiger partial charge in [0.15, 0.2) is 5.78 Å². The average molecular weight is 284 g/mol. The molecule has 0 aliphatic heterocycles. The highest BCUT2D eigenvalue weighted by atomic mass is 127. The third-order valence-electron chi connectivity index (χ3n) is 1.07. The summed E-state index contributed by atoms with van der Waals surface area (Å²) in [5, 5.41) is 0. The Kier molecular flexibility index (Phi) is 6.32. The largest absolute Gasteiger partial charge is 0.465 e. The molecule has 0 unspecified atom stereocenters. The molecule has 0 aliphatic rings. The van der Waals surface area contributed by atoms with E-state index in [0.717, 1.165) is 0 Å². The highest BCUT2D eigenvalue weighted by molar-refractivity contribution is 14.1. The van der Waals surface area contributed by atoms with Gasteiger partial charge in [-0.3, -0.25) is 9.59 Å². The summed E-state index contributed by atoms with van der Waals surface area (Å²) >= 11 is 1.93. The zero-order valence-corrected chi connectivity index (χ0v) is 9.46. The molecule has 0 bridgehead atoms. The Morgan fingerprint density at radius 3 is 2.42 bits per heavy atom. The number of ketones is 1. The van der Waals surface area contributed by atoms with Crippen molar-refractivity contribution >= 4 is 34.3 Å². The van der Waals surface area contributed by atoms with Crippen LogP contribution in [-0.2, 0) is 14.3 Å². The fourth-order valence-corrected chi connectivity index (χ4v) is 0.789. The SMILES string of the molecule is CC(C)COC(=O)CC(=O)CI. The van der Waals surface area contributed by atoms with Crippen LogP contribution in [0.3, 0.4) is 0 Å². The first-order valence-corrected chi connectivity index (χ1v) is 5.32. The summed E-state index contributed by atoms with van der Waals surface area (Å²) in [5.41, 5.74) is 0. The Hall–Kier alpha value is -0.130. The van der Waals surface area contributed by atoms with Gasteiger partial charge < -0.3 is 4.74 Å². The molecule has 0 saturated carbocycles. The molecule has 70 valence electrons. The highest BCUT2D eigenvalue weighted by Gasteiger charge is 2.09. The topological polar surface area (TPSA) is 43.4 Å². The molecule has 12 heavy (non-hydrogen) atoms. The van der Waals surface area contributed by atoms with Crippen LogP contribution in [0, 0.1) is 5.92 Å². The Labute approximate surface area is 86.0 Å². The molecule has 0 radical (unpaired) electrons. The third-order valence-corrected chi connectivity index (χ3v) is 1.92. The number of ether oxygens (including phenoxy) is 1. The summed E-state index contributed by atoms with van der Waals surface area (Å²) in [4.78, 5) is 21.6. The lowest BCUT2D eigenvalue weighted by Crippen LogP contribution is -2.14. The van der Waals surface area contributed by atoms with Crippen molar-refractivity contribution in [2.75, 3.05) is 11.0 Å². The summed E-state index contributed by atoms with van der Waals surface area (Å²) in [6.45, 7) is 4.30. The van der Waals surface area contributed by atoms with E-state index in [2.05, 4.69) is 0 Å². The van der Waals surface area contributed by atoms with Gasteiger partial charge in [-0.25, -0.2) is 0 Å². The Balaban J connectivity index is 3.53. The number of esters is 1. The Bertz CT molecular complexity index is 166. The first-order valence-electron chi connectivity index (χ1n) is 3.79. The van der Waals surface area contributed by atoms with E-state index in [1.54, 1.807) is 0 Å². The van der Waals surface area contributed by atoms with Crippen LogP contribution in [0.25, 0.3) is 0 Å². The van der Waals surface area contributed by atoms with E-state index in [9.17, 15) is 9.59 Å². The lowest BCUT2D eigenvalue weighted by atomic mass is 10.2. The van der Waals surface area contributed by atoms with Gasteiger partial charge in [0.25, 0.3) is 0 Å². The zero-order valence-electron chi connectivity index (χ0n) is 7.30. The molecule has 0 rings (SSSR count). The van der Waals surface area contributed by atoms with Gasteiger partial charge in [-0.2, -0.15) is 0 Å². The Morgan fingerprint density at radius 2 is 2.00 bits per heavy atom. The quantitative estimate of drug-likeness (QED) is 0.333. The van der Waals surface area contributed by atoms with Crippen LogP contribution in [0.4, 0.5) is 0 Å². The van der Waals surface area contributed by atoms with Crippen molar-refractivity contribution < 1.29 is 14.3 Å². The second-order valence-corrected chi connectivity index (χ2v) is 3.69. The molecule has 0 fully saturated rings. The normalized spacial score (nSPS) is 10.0.